The second-order valence-electron chi connectivity index (χ2n) is 4.42. The summed E-state index contributed by atoms with van der Waals surface area (Å²) in [6.45, 7) is 3.95. The summed E-state index contributed by atoms with van der Waals surface area (Å²) in [5.74, 6) is 0.735. The summed E-state index contributed by atoms with van der Waals surface area (Å²) in [6.07, 6.45) is -0.714. The molecule has 0 saturated carbocycles. The predicted octanol–water partition coefficient (Wildman–Crippen LogP) is 5.74. The summed E-state index contributed by atoms with van der Waals surface area (Å²) in [4.78, 5) is 0.864. The quantitative estimate of drug-likeness (QED) is 0.601. The lowest BCUT2D eigenvalue weighted by molar-refractivity contribution is 0.217. The summed E-state index contributed by atoms with van der Waals surface area (Å²) in [7, 11) is 1.63. The normalized spacial score (nSPS) is 12.6. The Bertz CT molecular complexity index is 633. The number of hydrogen-bond donors (Lipinski definition) is 1. The topological polar surface area (TPSA) is 29.5 Å². The van der Waals surface area contributed by atoms with Crippen LogP contribution in [0.4, 0.5) is 0 Å². The number of thiophene rings is 1. The molecule has 1 N–H and O–H groups in total. The monoisotopic (exact) mass is 482 g/mol. The molecule has 1 heterocycles. The van der Waals surface area contributed by atoms with Crippen LogP contribution in [0.5, 0.6) is 5.75 Å². The average Bonchev–Trinajstić information content (AvgIpc) is 2.73. The summed E-state index contributed by atoms with van der Waals surface area (Å²) >= 11 is 12.0. The molecule has 2 rings (SSSR count). The van der Waals surface area contributed by atoms with Gasteiger partial charge >= 0.3 is 0 Å². The van der Waals surface area contributed by atoms with Crippen LogP contribution in [0.1, 0.15) is 27.7 Å². The lowest BCUT2D eigenvalue weighted by atomic mass is 9.98. The van der Waals surface area contributed by atoms with E-state index in [1.807, 2.05) is 26.0 Å². The molecule has 0 bridgehead atoms. The molecule has 1 atom stereocenters. The molecule has 1 aromatic heterocycles. The SMILES string of the molecule is COc1c(C)cc(Br)c(C)c1C(O)c1cc(Br)c(Br)s1. The molecule has 0 radical (unpaired) electrons. The van der Waals surface area contributed by atoms with Crippen LogP contribution in [-0.4, -0.2) is 12.2 Å². The molecule has 2 aromatic rings. The van der Waals surface area contributed by atoms with Gasteiger partial charge in [-0.05, 0) is 69.0 Å². The summed E-state index contributed by atoms with van der Waals surface area (Å²) in [5.41, 5.74) is 2.79. The molecule has 1 aromatic carbocycles. The fourth-order valence-corrected chi connectivity index (χ4v) is 4.76. The number of benzene rings is 1. The van der Waals surface area contributed by atoms with Crippen LogP contribution in [0.15, 0.2) is 24.9 Å². The summed E-state index contributed by atoms with van der Waals surface area (Å²) in [6, 6.07) is 3.93. The number of methoxy groups -OCH3 is 1. The highest BCUT2D eigenvalue weighted by Crippen LogP contribution is 2.43. The third-order valence-electron chi connectivity index (χ3n) is 3.12. The van der Waals surface area contributed by atoms with Crippen LogP contribution < -0.4 is 4.74 Å². The maximum absolute atomic E-state index is 10.7. The Kier molecular flexibility index (Phi) is 5.34. The number of rotatable bonds is 3. The van der Waals surface area contributed by atoms with Gasteiger partial charge < -0.3 is 9.84 Å². The first-order valence-electron chi connectivity index (χ1n) is 5.83. The number of halogens is 3. The van der Waals surface area contributed by atoms with Crippen LogP contribution in [0.25, 0.3) is 0 Å². The van der Waals surface area contributed by atoms with Crippen molar-refractivity contribution in [1.82, 2.24) is 0 Å². The zero-order chi connectivity index (χ0) is 15.0. The van der Waals surface area contributed by atoms with E-state index in [0.717, 1.165) is 40.0 Å². The lowest BCUT2D eigenvalue weighted by Gasteiger charge is -2.19. The van der Waals surface area contributed by atoms with Crippen molar-refractivity contribution in [2.45, 2.75) is 20.0 Å². The second-order valence-corrected chi connectivity index (χ2v) is 8.53. The molecule has 0 amide bonds. The predicted molar refractivity (Wildman–Crippen MR) is 93.9 cm³/mol. The standard InChI is InChI=1S/C14H13Br3O2S/c1-6-4-8(15)7(2)11(13(6)19-3)12(18)10-5-9(16)14(17)20-10/h4-5,12,18H,1-3H3. The molecule has 0 spiro atoms. The smallest absolute Gasteiger partial charge is 0.128 e. The molecular formula is C14H13Br3O2S. The van der Waals surface area contributed by atoms with E-state index in [1.54, 1.807) is 7.11 Å². The number of aliphatic hydroxyl groups excluding tert-OH is 1. The maximum Gasteiger partial charge on any atom is 0.128 e. The third-order valence-corrected chi connectivity index (χ3v) is 7.25. The van der Waals surface area contributed by atoms with Gasteiger partial charge in [-0.3, -0.25) is 0 Å². The van der Waals surface area contributed by atoms with Crippen LogP contribution >= 0.6 is 59.1 Å². The van der Waals surface area contributed by atoms with Gasteiger partial charge in [-0.1, -0.05) is 15.9 Å². The van der Waals surface area contributed by atoms with Crippen LogP contribution in [0, 0.1) is 13.8 Å². The van der Waals surface area contributed by atoms with E-state index in [1.165, 1.54) is 11.3 Å². The van der Waals surface area contributed by atoms with Crippen molar-refractivity contribution < 1.29 is 9.84 Å². The molecule has 0 saturated heterocycles. The third kappa shape index (κ3) is 2.99. The molecule has 0 fully saturated rings. The first-order valence-corrected chi connectivity index (χ1v) is 9.02. The zero-order valence-electron chi connectivity index (χ0n) is 11.1. The Morgan fingerprint density at radius 2 is 1.80 bits per heavy atom. The average molecular weight is 485 g/mol. The molecule has 0 aliphatic heterocycles. The van der Waals surface area contributed by atoms with Crippen LogP contribution in [0.2, 0.25) is 0 Å². The highest BCUT2D eigenvalue weighted by Gasteiger charge is 2.23. The second kappa shape index (κ2) is 6.48. The van der Waals surface area contributed by atoms with E-state index in [2.05, 4.69) is 47.8 Å². The van der Waals surface area contributed by atoms with Gasteiger partial charge in [0.15, 0.2) is 0 Å². The molecule has 1 unspecified atom stereocenters. The number of aryl methyl sites for hydroxylation is 1. The zero-order valence-corrected chi connectivity index (χ0v) is 16.7. The number of aliphatic hydroxyl groups is 1. The van der Waals surface area contributed by atoms with Crippen molar-refractivity contribution in [3.63, 3.8) is 0 Å². The fourth-order valence-electron chi connectivity index (χ4n) is 2.12. The van der Waals surface area contributed by atoms with Crippen LogP contribution in [-0.2, 0) is 0 Å². The molecule has 6 heteroatoms. The van der Waals surface area contributed by atoms with Gasteiger partial charge in [0, 0.05) is 19.4 Å². The van der Waals surface area contributed by atoms with E-state index in [4.69, 9.17) is 4.74 Å². The molecule has 20 heavy (non-hydrogen) atoms. The van der Waals surface area contributed by atoms with E-state index < -0.39 is 6.10 Å². The first kappa shape index (κ1) is 16.5. The Morgan fingerprint density at radius 1 is 1.15 bits per heavy atom. The van der Waals surface area contributed by atoms with Crippen molar-refractivity contribution in [3.05, 3.63) is 46.4 Å². The molecule has 108 valence electrons. The van der Waals surface area contributed by atoms with Gasteiger partial charge in [-0.25, -0.2) is 0 Å². The first-order chi connectivity index (χ1) is 9.36. The van der Waals surface area contributed by atoms with Crippen molar-refractivity contribution in [1.29, 1.82) is 0 Å². The van der Waals surface area contributed by atoms with Gasteiger partial charge in [-0.2, -0.15) is 0 Å². The molecule has 2 nitrogen and oxygen atoms in total. The Hall–Kier alpha value is 0.120. The van der Waals surface area contributed by atoms with Crippen molar-refractivity contribution in [2.75, 3.05) is 7.11 Å². The number of hydrogen-bond acceptors (Lipinski definition) is 3. The Balaban J connectivity index is 2.61. The Labute approximate surface area is 147 Å². The van der Waals surface area contributed by atoms with Gasteiger partial charge in [0.05, 0.1) is 10.9 Å². The van der Waals surface area contributed by atoms with Crippen molar-refractivity contribution >= 4 is 59.1 Å². The number of ether oxygens (including phenoxy) is 1. The molecular weight excluding hydrogens is 472 g/mol. The minimum atomic E-state index is -0.714. The van der Waals surface area contributed by atoms with E-state index in [0.29, 0.717) is 0 Å². The minimum Gasteiger partial charge on any atom is -0.496 e. The highest BCUT2D eigenvalue weighted by atomic mass is 79.9. The lowest BCUT2D eigenvalue weighted by Crippen LogP contribution is -2.05. The van der Waals surface area contributed by atoms with E-state index >= 15 is 0 Å². The maximum atomic E-state index is 10.7. The highest BCUT2D eigenvalue weighted by molar-refractivity contribution is 9.13. The summed E-state index contributed by atoms with van der Waals surface area (Å²) < 4.78 is 8.38. The van der Waals surface area contributed by atoms with Crippen LogP contribution in [0.3, 0.4) is 0 Å². The van der Waals surface area contributed by atoms with E-state index in [9.17, 15) is 5.11 Å². The van der Waals surface area contributed by atoms with Gasteiger partial charge in [-0.15, -0.1) is 11.3 Å². The largest absolute Gasteiger partial charge is 0.496 e. The van der Waals surface area contributed by atoms with Crippen molar-refractivity contribution in [3.8, 4) is 5.75 Å². The van der Waals surface area contributed by atoms with E-state index in [-0.39, 0.29) is 0 Å². The molecule has 0 aliphatic rings. The molecule has 0 aliphatic carbocycles. The van der Waals surface area contributed by atoms with Crippen molar-refractivity contribution in [2.24, 2.45) is 0 Å². The Morgan fingerprint density at radius 3 is 2.30 bits per heavy atom. The van der Waals surface area contributed by atoms with Gasteiger partial charge in [0.2, 0.25) is 0 Å². The van der Waals surface area contributed by atoms with Gasteiger partial charge in [0.25, 0.3) is 0 Å². The fraction of sp³-hybridized carbons (Fsp3) is 0.286. The minimum absolute atomic E-state index is 0.714. The van der Waals surface area contributed by atoms with Gasteiger partial charge in [0.1, 0.15) is 11.9 Å². The summed E-state index contributed by atoms with van der Waals surface area (Å²) in [5, 5.41) is 10.7.